The van der Waals surface area contributed by atoms with Crippen molar-refractivity contribution in [1.29, 1.82) is 0 Å². The molecule has 16 heavy (non-hydrogen) atoms. The van der Waals surface area contributed by atoms with Crippen LogP contribution in [-0.4, -0.2) is 29.2 Å². The predicted molar refractivity (Wildman–Crippen MR) is 62.4 cm³/mol. The lowest BCUT2D eigenvalue weighted by atomic mass is 10.0. The highest BCUT2D eigenvalue weighted by atomic mass is 16.5. The Hall–Kier alpha value is -1.39. The lowest BCUT2D eigenvalue weighted by Gasteiger charge is -2.08. The number of para-hydroxylation sites is 1. The predicted octanol–water partition coefficient (Wildman–Crippen LogP) is 1.31. The van der Waals surface area contributed by atoms with Gasteiger partial charge in [0.2, 0.25) is 0 Å². The topological polar surface area (TPSA) is 63.9 Å². The summed E-state index contributed by atoms with van der Waals surface area (Å²) < 4.78 is 5.37. The molecule has 1 aliphatic heterocycles. The van der Waals surface area contributed by atoms with Crippen LogP contribution in [0, 0.1) is 6.92 Å². The Labute approximate surface area is 93.8 Å². The zero-order valence-corrected chi connectivity index (χ0v) is 9.23. The molecule has 1 saturated heterocycles. The molecule has 0 spiro atoms. The van der Waals surface area contributed by atoms with E-state index < -0.39 is 0 Å². The van der Waals surface area contributed by atoms with Gasteiger partial charge in [0.25, 0.3) is 0 Å². The number of nitrogens with two attached hydrogens (primary N) is 1. The number of aryl methyl sites for hydroxylation is 1. The second-order valence-corrected chi connectivity index (χ2v) is 4.40. The monoisotopic (exact) mass is 217 g/mol. The summed E-state index contributed by atoms with van der Waals surface area (Å²) in [7, 11) is 0. The van der Waals surface area contributed by atoms with Crippen molar-refractivity contribution in [3.05, 3.63) is 29.6 Å². The molecule has 2 unspecified atom stereocenters. The highest BCUT2D eigenvalue weighted by Crippen LogP contribution is 2.25. The van der Waals surface area contributed by atoms with Gasteiger partial charge in [-0.05, 0) is 18.6 Å². The maximum absolute atomic E-state index is 5.99. The lowest BCUT2D eigenvalue weighted by Crippen LogP contribution is -2.27. The van der Waals surface area contributed by atoms with E-state index in [1.807, 2.05) is 12.1 Å². The van der Waals surface area contributed by atoms with E-state index in [1.54, 1.807) is 0 Å². The van der Waals surface area contributed by atoms with Gasteiger partial charge in [0, 0.05) is 6.04 Å². The van der Waals surface area contributed by atoms with Crippen LogP contribution in [0.5, 0.6) is 0 Å². The minimum absolute atomic E-state index is 0.0564. The fourth-order valence-corrected chi connectivity index (χ4v) is 2.22. The Kier molecular flexibility index (Phi) is 2.19. The van der Waals surface area contributed by atoms with E-state index in [9.17, 15) is 0 Å². The number of aromatic nitrogens is 2. The van der Waals surface area contributed by atoms with Gasteiger partial charge < -0.3 is 15.5 Å². The third-order valence-electron chi connectivity index (χ3n) is 3.21. The van der Waals surface area contributed by atoms with Gasteiger partial charge in [-0.2, -0.15) is 0 Å². The number of fused-ring (bicyclic) bond motifs is 1. The van der Waals surface area contributed by atoms with Crippen molar-refractivity contribution >= 4 is 11.0 Å². The standard InChI is InChI=1S/C12H15N3O/c1-7-3-2-4-10-11(7)15-12(14-10)8-5-16-6-9(8)13/h2-4,8-9H,5-6,13H2,1H3,(H,14,15). The van der Waals surface area contributed by atoms with Crippen LogP contribution in [0.4, 0.5) is 0 Å². The largest absolute Gasteiger partial charge is 0.379 e. The van der Waals surface area contributed by atoms with Gasteiger partial charge in [-0.25, -0.2) is 4.98 Å². The highest BCUT2D eigenvalue weighted by molar-refractivity contribution is 5.78. The van der Waals surface area contributed by atoms with Crippen molar-refractivity contribution in [1.82, 2.24) is 9.97 Å². The van der Waals surface area contributed by atoms with E-state index in [4.69, 9.17) is 10.5 Å². The average Bonchev–Trinajstić information content (AvgIpc) is 2.84. The van der Waals surface area contributed by atoms with Crippen molar-refractivity contribution < 1.29 is 4.74 Å². The van der Waals surface area contributed by atoms with Crippen molar-refractivity contribution in [2.45, 2.75) is 18.9 Å². The summed E-state index contributed by atoms with van der Waals surface area (Å²) in [4.78, 5) is 7.97. The first-order chi connectivity index (χ1) is 7.75. The van der Waals surface area contributed by atoms with Gasteiger partial charge in [0.15, 0.2) is 0 Å². The molecule has 0 saturated carbocycles. The number of hydrogen-bond donors (Lipinski definition) is 2. The fraction of sp³-hybridized carbons (Fsp3) is 0.417. The van der Waals surface area contributed by atoms with Crippen molar-refractivity contribution in [2.75, 3.05) is 13.2 Å². The molecule has 0 aliphatic carbocycles. The van der Waals surface area contributed by atoms with Crippen molar-refractivity contribution in [3.63, 3.8) is 0 Å². The van der Waals surface area contributed by atoms with E-state index in [0.717, 1.165) is 16.9 Å². The van der Waals surface area contributed by atoms with Crippen LogP contribution in [0.1, 0.15) is 17.3 Å². The number of nitrogens with one attached hydrogen (secondary N) is 1. The SMILES string of the molecule is Cc1cccc2[nH]c(C3COCC3N)nc12. The molecule has 0 bridgehead atoms. The molecule has 0 amide bonds. The average molecular weight is 217 g/mol. The number of imidazole rings is 1. The molecule has 4 nitrogen and oxygen atoms in total. The van der Waals surface area contributed by atoms with Crippen molar-refractivity contribution in [2.24, 2.45) is 5.73 Å². The van der Waals surface area contributed by atoms with Gasteiger partial charge in [-0.1, -0.05) is 12.1 Å². The van der Waals surface area contributed by atoms with Crippen LogP contribution in [-0.2, 0) is 4.74 Å². The molecule has 1 aromatic carbocycles. The van der Waals surface area contributed by atoms with Gasteiger partial charge >= 0.3 is 0 Å². The molecule has 3 N–H and O–H groups in total. The Morgan fingerprint density at radius 2 is 2.31 bits per heavy atom. The quantitative estimate of drug-likeness (QED) is 0.757. The summed E-state index contributed by atoms with van der Waals surface area (Å²) in [5.74, 6) is 1.15. The summed E-state index contributed by atoms with van der Waals surface area (Å²) in [6.45, 7) is 3.36. The second kappa shape index (κ2) is 3.57. The minimum atomic E-state index is 0.0564. The van der Waals surface area contributed by atoms with E-state index in [0.29, 0.717) is 13.2 Å². The smallest absolute Gasteiger partial charge is 0.114 e. The van der Waals surface area contributed by atoms with Crippen LogP contribution in [0.2, 0.25) is 0 Å². The van der Waals surface area contributed by atoms with Crippen LogP contribution < -0.4 is 5.73 Å². The van der Waals surface area contributed by atoms with E-state index >= 15 is 0 Å². The maximum atomic E-state index is 5.99. The van der Waals surface area contributed by atoms with E-state index in [1.165, 1.54) is 5.56 Å². The number of rotatable bonds is 1. The summed E-state index contributed by atoms with van der Waals surface area (Å²) in [5, 5.41) is 0. The van der Waals surface area contributed by atoms with Crippen LogP contribution in [0.3, 0.4) is 0 Å². The molecule has 84 valence electrons. The summed E-state index contributed by atoms with van der Waals surface area (Å²) in [6.07, 6.45) is 0. The molecule has 3 rings (SSSR count). The second-order valence-electron chi connectivity index (χ2n) is 4.40. The Bertz CT molecular complexity index is 520. The number of hydrogen-bond acceptors (Lipinski definition) is 3. The van der Waals surface area contributed by atoms with Gasteiger partial charge in [-0.15, -0.1) is 0 Å². The number of ether oxygens (including phenoxy) is 1. The molecule has 0 radical (unpaired) electrons. The first-order valence-corrected chi connectivity index (χ1v) is 5.54. The maximum Gasteiger partial charge on any atom is 0.114 e. The molecule has 1 aromatic heterocycles. The van der Waals surface area contributed by atoms with E-state index in [2.05, 4.69) is 23.0 Å². The van der Waals surface area contributed by atoms with Crippen molar-refractivity contribution in [3.8, 4) is 0 Å². The number of nitrogens with zero attached hydrogens (tertiary/aromatic N) is 1. The molecule has 2 heterocycles. The molecule has 2 aromatic rings. The Morgan fingerprint density at radius 1 is 1.44 bits per heavy atom. The number of H-pyrrole nitrogens is 1. The lowest BCUT2D eigenvalue weighted by molar-refractivity contribution is 0.190. The van der Waals surface area contributed by atoms with Gasteiger partial charge in [0.1, 0.15) is 5.82 Å². The summed E-state index contributed by atoms with van der Waals surface area (Å²) >= 11 is 0. The third-order valence-corrected chi connectivity index (χ3v) is 3.21. The van der Waals surface area contributed by atoms with Crippen LogP contribution in [0.25, 0.3) is 11.0 Å². The third kappa shape index (κ3) is 1.42. The molecule has 2 atom stereocenters. The zero-order valence-electron chi connectivity index (χ0n) is 9.23. The first kappa shape index (κ1) is 9.81. The fourth-order valence-electron chi connectivity index (χ4n) is 2.22. The number of benzene rings is 1. The summed E-state index contributed by atoms with van der Waals surface area (Å²) in [5.41, 5.74) is 9.29. The molecule has 1 fully saturated rings. The summed E-state index contributed by atoms with van der Waals surface area (Å²) in [6, 6.07) is 6.20. The first-order valence-electron chi connectivity index (χ1n) is 5.54. The molecular formula is C12H15N3O. The number of aromatic amines is 1. The van der Waals surface area contributed by atoms with Gasteiger partial charge in [0.05, 0.1) is 30.2 Å². The molecule has 4 heteroatoms. The molecule has 1 aliphatic rings. The Morgan fingerprint density at radius 3 is 3.00 bits per heavy atom. The Balaban J connectivity index is 2.08. The van der Waals surface area contributed by atoms with Gasteiger partial charge in [-0.3, -0.25) is 0 Å². The minimum Gasteiger partial charge on any atom is -0.379 e. The normalized spacial score (nSPS) is 25.4. The van der Waals surface area contributed by atoms with Crippen LogP contribution in [0.15, 0.2) is 18.2 Å². The van der Waals surface area contributed by atoms with Crippen LogP contribution >= 0.6 is 0 Å². The molecular weight excluding hydrogens is 202 g/mol. The van der Waals surface area contributed by atoms with E-state index in [-0.39, 0.29) is 12.0 Å². The zero-order chi connectivity index (χ0) is 11.1. The highest BCUT2D eigenvalue weighted by Gasteiger charge is 2.29.